The number of hydrogen-bond acceptors (Lipinski definition) is 10. The minimum Gasteiger partial charge on any atom is -0.361 e. The number of hydrogen-bond donors (Lipinski definition) is 2. The van der Waals surface area contributed by atoms with Gasteiger partial charge in [0.1, 0.15) is 17.3 Å². The van der Waals surface area contributed by atoms with E-state index in [1.165, 1.54) is 0 Å². The first-order valence-electron chi connectivity index (χ1n) is 17.7. The lowest BCUT2D eigenvalue weighted by Crippen LogP contribution is -2.26. The number of ketones is 1. The van der Waals surface area contributed by atoms with Gasteiger partial charge in [0.15, 0.2) is 9.84 Å². The number of aromatic nitrogens is 2. The van der Waals surface area contributed by atoms with Crippen molar-refractivity contribution >= 4 is 31.6 Å². The molecule has 14 heteroatoms. The van der Waals surface area contributed by atoms with Crippen LogP contribution in [-0.4, -0.2) is 57.7 Å². The van der Waals surface area contributed by atoms with Gasteiger partial charge in [-0.05, 0) is 102 Å². The largest absolute Gasteiger partial charge is 0.361 e. The third kappa shape index (κ3) is 10.7. The molecule has 282 valence electrons. The molecule has 0 aliphatic carbocycles. The van der Waals surface area contributed by atoms with Crippen LogP contribution < -0.4 is 10.0 Å². The molecule has 0 saturated carbocycles. The lowest BCUT2D eigenvalue weighted by Gasteiger charge is -2.11. The number of nitrogens with zero attached hydrogens (tertiary/aromatic N) is 2. The fourth-order valence-electron chi connectivity index (χ4n) is 6.27. The second-order valence-electron chi connectivity index (χ2n) is 13.3. The van der Waals surface area contributed by atoms with Crippen LogP contribution in [-0.2, 0) is 29.4 Å². The smallest absolute Gasteiger partial charge is 0.240 e. The van der Waals surface area contributed by atoms with Crippen molar-refractivity contribution in [3.8, 4) is 22.3 Å². The molecular weight excluding hydrogens is 705 g/mol. The number of nitrogens with one attached hydrogen (secondary N) is 2. The number of benzene rings is 2. The first-order chi connectivity index (χ1) is 24.6. The molecule has 0 unspecified atom stereocenters. The maximum Gasteiger partial charge on any atom is 0.240 e. The normalized spacial score (nSPS) is 12.0. The highest BCUT2D eigenvalue weighted by Gasteiger charge is 2.22. The van der Waals surface area contributed by atoms with Gasteiger partial charge < -0.3 is 14.4 Å². The van der Waals surface area contributed by atoms with Crippen molar-refractivity contribution < 1.29 is 35.5 Å². The molecule has 0 aliphatic heterocycles. The highest BCUT2D eigenvalue weighted by atomic mass is 32.2. The summed E-state index contributed by atoms with van der Waals surface area (Å²) in [4.78, 5) is 25.1. The zero-order chi connectivity index (χ0) is 38.1. The van der Waals surface area contributed by atoms with Crippen molar-refractivity contribution in [3.05, 3.63) is 70.4 Å². The Hall–Kier alpha value is -4.14. The van der Waals surface area contributed by atoms with E-state index in [0.717, 1.165) is 29.5 Å². The average Bonchev–Trinajstić information content (AvgIpc) is 3.61. The van der Waals surface area contributed by atoms with Crippen LogP contribution in [0.4, 0.5) is 0 Å². The Bertz CT molecular complexity index is 1910. The van der Waals surface area contributed by atoms with Gasteiger partial charge in [0.05, 0.1) is 26.9 Å². The first-order valence-corrected chi connectivity index (χ1v) is 20.8. The van der Waals surface area contributed by atoms with E-state index in [2.05, 4.69) is 20.4 Å². The molecule has 4 rings (SSSR count). The summed E-state index contributed by atoms with van der Waals surface area (Å²) in [7, 11) is -7.34. The number of Topliss-reactive ketones (excluding diaryl/α,β-unsaturated/α-hetero) is 1. The summed E-state index contributed by atoms with van der Waals surface area (Å²) < 4.78 is 65.5. The van der Waals surface area contributed by atoms with Crippen LogP contribution in [0.5, 0.6) is 0 Å². The van der Waals surface area contributed by atoms with E-state index < -0.39 is 19.9 Å². The van der Waals surface area contributed by atoms with Gasteiger partial charge in [0, 0.05) is 43.5 Å². The average molecular weight is 755 g/mol. The molecular formula is C38H50N4O8S2. The molecule has 0 atom stereocenters. The van der Waals surface area contributed by atoms with Crippen LogP contribution >= 0.6 is 0 Å². The van der Waals surface area contributed by atoms with E-state index in [0.29, 0.717) is 78.1 Å². The Morgan fingerprint density at radius 2 is 1.15 bits per heavy atom. The van der Waals surface area contributed by atoms with Crippen LogP contribution in [0.15, 0.2) is 55.2 Å². The second-order valence-corrected chi connectivity index (χ2v) is 17.1. The molecule has 0 fully saturated rings. The molecule has 2 aromatic carbocycles. The van der Waals surface area contributed by atoms with Gasteiger partial charge in [0.25, 0.3) is 0 Å². The van der Waals surface area contributed by atoms with Crippen molar-refractivity contribution in [3.63, 3.8) is 0 Å². The summed E-state index contributed by atoms with van der Waals surface area (Å²) in [6.45, 7) is 11.1. The summed E-state index contributed by atoms with van der Waals surface area (Å²) in [5, 5.41) is 10.7. The minimum absolute atomic E-state index is 0.0779. The third-order valence-electron chi connectivity index (χ3n) is 9.09. The number of rotatable bonds is 20. The summed E-state index contributed by atoms with van der Waals surface area (Å²) in [6, 6.07) is 10.5. The molecule has 0 saturated heterocycles. The molecule has 2 heterocycles. The van der Waals surface area contributed by atoms with Crippen molar-refractivity contribution in [1.29, 1.82) is 0 Å². The van der Waals surface area contributed by atoms with Gasteiger partial charge >= 0.3 is 0 Å². The third-order valence-corrected chi connectivity index (χ3v) is 12.6. The number of carbonyl (C=O) groups excluding carboxylic acids is 2. The minimum atomic E-state index is -3.78. The first kappa shape index (κ1) is 40.6. The van der Waals surface area contributed by atoms with Crippen LogP contribution in [0.25, 0.3) is 22.3 Å². The van der Waals surface area contributed by atoms with E-state index >= 15 is 0 Å². The number of amides is 1. The Morgan fingerprint density at radius 3 is 1.71 bits per heavy atom. The highest BCUT2D eigenvalue weighted by Crippen LogP contribution is 2.31. The number of unbranched alkanes of at least 4 members (excludes halogenated alkanes) is 3. The van der Waals surface area contributed by atoms with E-state index in [-0.39, 0.29) is 46.7 Å². The highest BCUT2D eigenvalue weighted by molar-refractivity contribution is 7.91. The van der Waals surface area contributed by atoms with Crippen molar-refractivity contribution in [2.24, 2.45) is 0 Å². The maximum absolute atomic E-state index is 13.1. The van der Waals surface area contributed by atoms with Gasteiger partial charge in [0.2, 0.25) is 15.9 Å². The molecule has 52 heavy (non-hydrogen) atoms. The van der Waals surface area contributed by atoms with Crippen LogP contribution in [0.2, 0.25) is 0 Å². The van der Waals surface area contributed by atoms with Gasteiger partial charge in [-0.1, -0.05) is 47.4 Å². The van der Waals surface area contributed by atoms with Gasteiger partial charge in [-0.3, -0.25) is 9.59 Å². The number of sulfone groups is 1. The van der Waals surface area contributed by atoms with Crippen molar-refractivity contribution in [2.45, 2.75) is 109 Å². The molecule has 12 nitrogen and oxygen atoms in total. The molecule has 0 bridgehead atoms. The number of aryl methyl sites for hydroxylation is 6. The Morgan fingerprint density at radius 1 is 0.635 bits per heavy atom. The summed E-state index contributed by atoms with van der Waals surface area (Å²) in [5.74, 6) is 1.11. The fraction of sp³-hybridized carbons (Fsp3) is 0.474. The van der Waals surface area contributed by atoms with Crippen molar-refractivity contribution in [2.75, 3.05) is 18.8 Å². The lowest BCUT2D eigenvalue weighted by molar-refractivity contribution is -0.121. The van der Waals surface area contributed by atoms with Gasteiger partial charge in [-0.15, -0.1) is 0 Å². The van der Waals surface area contributed by atoms with Crippen LogP contribution in [0.1, 0.15) is 91.8 Å². The molecule has 1 amide bonds. The second kappa shape index (κ2) is 18.1. The Labute approximate surface area is 307 Å². The molecule has 0 radical (unpaired) electrons. The van der Waals surface area contributed by atoms with E-state index in [1.807, 2.05) is 26.0 Å². The zero-order valence-electron chi connectivity index (χ0n) is 30.9. The standard InChI is InChI=1S/C38H50N4O8S2/c1-25-16-18-31(37-27(3)41-49-29(37)5)23-34(25)51(45,46)22-12-20-39-36(44)15-10-8-7-9-13-33(43)14-11-21-40-52(47,48)35-24-32(19-17-26(35)2)38-28(4)42-50-30(38)6/h16-19,23-24,40H,7-15,20-22H2,1-6H3,(H,39,44). The summed E-state index contributed by atoms with van der Waals surface area (Å²) in [5.41, 5.74) is 5.67. The predicted molar refractivity (Wildman–Crippen MR) is 199 cm³/mol. The lowest BCUT2D eigenvalue weighted by atomic mass is 10.0. The predicted octanol–water partition coefficient (Wildman–Crippen LogP) is 6.80. The molecule has 0 aliphatic rings. The monoisotopic (exact) mass is 754 g/mol. The fourth-order valence-corrected chi connectivity index (χ4v) is 9.22. The van der Waals surface area contributed by atoms with Gasteiger partial charge in [-0.2, -0.15) is 0 Å². The van der Waals surface area contributed by atoms with E-state index in [1.54, 1.807) is 52.0 Å². The molecule has 4 aromatic rings. The van der Waals surface area contributed by atoms with Crippen LogP contribution in [0, 0.1) is 41.5 Å². The van der Waals surface area contributed by atoms with Crippen LogP contribution in [0.3, 0.4) is 0 Å². The van der Waals surface area contributed by atoms with E-state index in [4.69, 9.17) is 9.05 Å². The SMILES string of the molecule is Cc1ccc(-c2c(C)noc2C)cc1S(=O)(=O)CCCNC(=O)CCCCCCC(=O)CCCNS(=O)(=O)c1cc(-c2c(C)noc2C)ccc1C. The Kier molecular flexibility index (Phi) is 14.1. The Balaban J connectivity index is 1.08. The van der Waals surface area contributed by atoms with E-state index in [9.17, 15) is 26.4 Å². The zero-order valence-corrected chi connectivity index (χ0v) is 32.6. The molecule has 2 N–H and O–H groups in total. The summed E-state index contributed by atoms with van der Waals surface area (Å²) in [6.07, 6.45) is 4.69. The number of sulfonamides is 1. The quantitative estimate of drug-likeness (QED) is 0.0913. The number of carbonyl (C=O) groups is 2. The van der Waals surface area contributed by atoms with Crippen molar-refractivity contribution in [1.82, 2.24) is 20.4 Å². The maximum atomic E-state index is 13.1. The molecule has 2 aromatic heterocycles. The van der Waals surface area contributed by atoms with Gasteiger partial charge in [-0.25, -0.2) is 21.6 Å². The topological polar surface area (TPSA) is 179 Å². The summed E-state index contributed by atoms with van der Waals surface area (Å²) >= 11 is 0. The molecule has 0 spiro atoms.